The molecule has 3 heteroatoms. The number of nitrogens with zero attached hydrogens (tertiary/aromatic N) is 1. The van der Waals surface area contributed by atoms with Crippen LogP contribution in [0.1, 0.15) is 5.56 Å². The second-order valence-corrected chi connectivity index (χ2v) is 4.22. The van der Waals surface area contributed by atoms with E-state index in [2.05, 4.69) is 10.3 Å². The molecule has 0 spiro atoms. The van der Waals surface area contributed by atoms with Crippen molar-refractivity contribution in [2.45, 2.75) is 6.42 Å². The van der Waals surface area contributed by atoms with Gasteiger partial charge >= 0.3 is 0 Å². The van der Waals surface area contributed by atoms with Crippen LogP contribution in [-0.2, 0) is 6.42 Å². The highest BCUT2D eigenvalue weighted by Crippen LogP contribution is 2.27. The van der Waals surface area contributed by atoms with Gasteiger partial charge in [0.1, 0.15) is 11.6 Å². The van der Waals surface area contributed by atoms with Crippen molar-refractivity contribution in [3.63, 3.8) is 0 Å². The van der Waals surface area contributed by atoms with E-state index in [0.29, 0.717) is 5.75 Å². The SMILES string of the molecule is Oc1ccc(CC2=NCCN2)c2ccccc12. The maximum absolute atomic E-state index is 9.81. The Morgan fingerprint density at radius 1 is 1.12 bits per heavy atom. The lowest BCUT2D eigenvalue weighted by molar-refractivity contribution is 0.481. The summed E-state index contributed by atoms with van der Waals surface area (Å²) in [5.74, 6) is 1.38. The van der Waals surface area contributed by atoms with Crippen LogP contribution in [0.25, 0.3) is 10.8 Å². The Morgan fingerprint density at radius 2 is 1.94 bits per heavy atom. The Bertz CT molecular complexity index is 590. The Labute approximate surface area is 99.8 Å². The molecule has 1 aliphatic rings. The molecule has 1 heterocycles. The molecule has 0 saturated heterocycles. The van der Waals surface area contributed by atoms with Gasteiger partial charge in [0.2, 0.25) is 0 Å². The summed E-state index contributed by atoms with van der Waals surface area (Å²) in [5, 5.41) is 15.1. The average molecular weight is 226 g/mol. The first kappa shape index (κ1) is 10.1. The molecule has 0 atom stereocenters. The molecular weight excluding hydrogens is 212 g/mol. The summed E-state index contributed by atoms with van der Waals surface area (Å²) in [6, 6.07) is 11.7. The van der Waals surface area contributed by atoms with Gasteiger partial charge in [-0.15, -0.1) is 0 Å². The van der Waals surface area contributed by atoms with E-state index in [4.69, 9.17) is 0 Å². The van der Waals surface area contributed by atoms with E-state index in [1.165, 1.54) is 5.56 Å². The fraction of sp³-hybridized carbons (Fsp3) is 0.214. The van der Waals surface area contributed by atoms with E-state index in [1.54, 1.807) is 6.07 Å². The van der Waals surface area contributed by atoms with Crippen molar-refractivity contribution in [3.8, 4) is 5.75 Å². The molecule has 17 heavy (non-hydrogen) atoms. The zero-order chi connectivity index (χ0) is 11.7. The normalized spacial score (nSPS) is 14.7. The van der Waals surface area contributed by atoms with Crippen LogP contribution in [0.15, 0.2) is 41.4 Å². The molecule has 0 fully saturated rings. The summed E-state index contributed by atoms with van der Waals surface area (Å²) in [6.07, 6.45) is 0.806. The van der Waals surface area contributed by atoms with Gasteiger partial charge in [-0.3, -0.25) is 4.99 Å². The molecule has 0 amide bonds. The summed E-state index contributed by atoms with van der Waals surface area (Å²) < 4.78 is 0. The van der Waals surface area contributed by atoms with Crippen molar-refractivity contribution in [1.82, 2.24) is 5.32 Å². The van der Waals surface area contributed by atoms with Crippen LogP contribution in [0.3, 0.4) is 0 Å². The number of fused-ring (bicyclic) bond motifs is 1. The summed E-state index contributed by atoms with van der Waals surface area (Å²) in [7, 11) is 0. The van der Waals surface area contributed by atoms with Crippen molar-refractivity contribution in [3.05, 3.63) is 42.0 Å². The van der Waals surface area contributed by atoms with Gasteiger partial charge in [-0.1, -0.05) is 30.3 Å². The minimum atomic E-state index is 0.339. The summed E-state index contributed by atoms with van der Waals surface area (Å²) in [4.78, 5) is 4.40. The average Bonchev–Trinajstić information content (AvgIpc) is 2.86. The van der Waals surface area contributed by atoms with Crippen molar-refractivity contribution >= 4 is 16.6 Å². The van der Waals surface area contributed by atoms with Crippen LogP contribution in [0.5, 0.6) is 5.75 Å². The molecule has 2 N–H and O–H groups in total. The summed E-state index contributed by atoms with van der Waals surface area (Å²) in [5.41, 5.74) is 1.20. The standard InChI is InChI=1S/C14H14N2O/c17-13-6-5-10(9-14-15-7-8-16-14)11-3-1-2-4-12(11)13/h1-6,17H,7-9H2,(H,15,16). The molecule has 0 saturated carbocycles. The fourth-order valence-corrected chi connectivity index (χ4v) is 2.25. The van der Waals surface area contributed by atoms with Crippen LogP contribution in [0.2, 0.25) is 0 Å². The van der Waals surface area contributed by atoms with Crippen LogP contribution in [0.4, 0.5) is 0 Å². The van der Waals surface area contributed by atoms with Crippen molar-refractivity contribution in [1.29, 1.82) is 0 Å². The van der Waals surface area contributed by atoms with Gasteiger partial charge in [0.05, 0.1) is 6.54 Å². The van der Waals surface area contributed by atoms with Crippen LogP contribution in [0, 0.1) is 0 Å². The second kappa shape index (κ2) is 4.09. The zero-order valence-corrected chi connectivity index (χ0v) is 9.48. The molecular formula is C14H14N2O. The van der Waals surface area contributed by atoms with E-state index < -0.39 is 0 Å². The molecule has 0 bridgehead atoms. The van der Waals surface area contributed by atoms with Gasteiger partial charge in [-0.2, -0.15) is 0 Å². The molecule has 3 nitrogen and oxygen atoms in total. The largest absolute Gasteiger partial charge is 0.507 e. The number of aromatic hydroxyl groups is 1. The number of phenols is 1. The third kappa shape index (κ3) is 1.84. The first-order valence-electron chi connectivity index (χ1n) is 5.81. The summed E-state index contributed by atoms with van der Waals surface area (Å²) in [6.45, 7) is 1.80. The smallest absolute Gasteiger partial charge is 0.123 e. The van der Waals surface area contributed by atoms with Gasteiger partial charge in [-0.05, 0) is 17.0 Å². The predicted octanol–water partition coefficient (Wildman–Crippen LogP) is 2.09. The number of phenolic OH excluding ortho intramolecular Hbond substituents is 1. The number of benzene rings is 2. The van der Waals surface area contributed by atoms with Crippen LogP contribution < -0.4 is 5.32 Å². The minimum absolute atomic E-state index is 0.339. The van der Waals surface area contributed by atoms with Crippen molar-refractivity contribution < 1.29 is 5.11 Å². The number of hydrogen-bond donors (Lipinski definition) is 2. The Balaban J connectivity index is 2.07. The van der Waals surface area contributed by atoms with E-state index in [1.807, 2.05) is 30.3 Å². The third-order valence-electron chi connectivity index (χ3n) is 3.09. The number of nitrogens with one attached hydrogen (secondary N) is 1. The molecule has 86 valence electrons. The van der Waals surface area contributed by atoms with E-state index >= 15 is 0 Å². The Kier molecular flexibility index (Phi) is 2.44. The Morgan fingerprint density at radius 3 is 2.71 bits per heavy atom. The zero-order valence-electron chi connectivity index (χ0n) is 9.48. The number of aliphatic imine (C=N–C) groups is 1. The first-order chi connectivity index (χ1) is 8.34. The molecule has 2 aromatic carbocycles. The van der Waals surface area contributed by atoms with Gasteiger partial charge in [0.25, 0.3) is 0 Å². The molecule has 0 unspecified atom stereocenters. The van der Waals surface area contributed by atoms with Gasteiger partial charge in [-0.25, -0.2) is 0 Å². The molecule has 0 aromatic heterocycles. The van der Waals surface area contributed by atoms with E-state index in [9.17, 15) is 5.11 Å². The number of hydrogen-bond acceptors (Lipinski definition) is 3. The Hall–Kier alpha value is -2.03. The van der Waals surface area contributed by atoms with E-state index in [-0.39, 0.29) is 0 Å². The molecule has 3 rings (SSSR count). The topological polar surface area (TPSA) is 44.6 Å². The van der Waals surface area contributed by atoms with Gasteiger partial charge in [0.15, 0.2) is 0 Å². The summed E-state index contributed by atoms with van der Waals surface area (Å²) >= 11 is 0. The number of rotatable bonds is 2. The second-order valence-electron chi connectivity index (χ2n) is 4.22. The van der Waals surface area contributed by atoms with Crippen molar-refractivity contribution in [2.24, 2.45) is 4.99 Å². The third-order valence-corrected chi connectivity index (χ3v) is 3.09. The first-order valence-corrected chi connectivity index (χ1v) is 5.81. The van der Waals surface area contributed by atoms with Crippen molar-refractivity contribution in [2.75, 3.05) is 13.1 Å². The lowest BCUT2D eigenvalue weighted by atomic mass is 10.0. The fourth-order valence-electron chi connectivity index (χ4n) is 2.25. The van der Waals surface area contributed by atoms with E-state index in [0.717, 1.165) is 36.1 Å². The molecule has 0 aliphatic carbocycles. The van der Waals surface area contributed by atoms with Crippen LogP contribution in [-0.4, -0.2) is 24.0 Å². The molecule has 1 aliphatic heterocycles. The van der Waals surface area contributed by atoms with Gasteiger partial charge < -0.3 is 10.4 Å². The maximum atomic E-state index is 9.81. The lowest BCUT2D eigenvalue weighted by Gasteiger charge is -2.08. The molecule has 2 aromatic rings. The minimum Gasteiger partial charge on any atom is -0.507 e. The maximum Gasteiger partial charge on any atom is 0.123 e. The highest BCUT2D eigenvalue weighted by Gasteiger charge is 2.09. The number of amidine groups is 1. The monoisotopic (exact) mass is 226 g/mol. The molecule has 0 radical (unpaired) electrons. The van der Waals surface area contributed by atoms with Gasteiger partial charge in [0, 0.05) is 18.4 Å². The highest BCUT2D eigenvalue weighted by atomic mass is 16.3. The highest BCUT2D eigenvalue weighted by molar-refractivity contribution is 5.95. The lowest BCUT2D eigenvalue weighted by Crippen LogP contribution is -2.20. The predicted molar refractivity (Wildman–Crippen MR) is 69.6 cm³/mol. The quantitative estimate of drug-likeness (QED) is 0.823. The van der Waals surface area contributed by atoms with Crippen LogP contribution >= 0.6 is 0 Å².